The van der Waals surface area contributed by atoms with Crippen molar-refractivity contribution >= 4 is 11.6 Å². The van der Waals surface area contributed by atoms with Gasteiger partial charge in [-0.15, -0.1) is 0 Å². The van der Waals surface area contributed by atoms with Crippen LogP contribution in [0.5, 0.6) is 0 Å². The van der Waals surface area contributed by atoms with E-state index in [0.717, 1.165) is 16.9 Å². The Morgan fingerprint density at radius 2 is 2.00 bits per heavy atom. The van der Waals surface area contributed by atoms with Gasteiger partial charge in [0.05, 0.1) is 5.69 Å². The Bertz CT molecular complexity index is 459. The molecule has 0 spiro atoms. The lowest BCUT2D eigenvalue weighted by molar-refractivity contribution is 0.846. The molecule has 0 amide bonds. The Kier molecular flexibility index (Phi) is 2.75. The monoisotopic (exact) mass is 221 g/mol. The zero-order valence-electron chi connectivity index (χ0n) is 8.44. The predicted molar refractivity (Wildman–Crippen MR) is 61.2 cm³/mol. The van der Waals surface area contributed by atoms with Gasteiger partial charge in [0, 0.05) is 12.2 Å². The van der Waals surface area contributed by atoms with Crippen molar-refractivity contribution in [2.75, 3.05) is 0 Å². The molecule has 1 aromatic heterocycles. The minimum Gasteiger partial charge on any atom is -0.326 e. The molecule has 0 atom stereocenters. The summed E-state index contributed by atoms with van der Waals surface area (Å²) in [4.78, 5) is 0. The van der Waals surface area contributed by atoms with Crippen molar-refractivity contribution in [1.82, 2.24) is 9.78 Å². The van der Waals surface area contributed by atoms with Crippen molar-refractivity contribution in [3.8, 4) is 5.69 Å². The fourth-order valence-corrected chi connectivity index (χ4v) is 1.70. The average Bonchev–Trinajstić information content (AvgIpc) is 2.58. The number of hydrogen-bond acceptors (Lipinski definition) is 2. The van der Waals surface area contributed by atoms with Gasteiger partial charge >= 0.3 is 0 Å². The third-order valence-corrected chi connectivity index (χ3v) is 2.46. The summed E-state index contributed by atoms with van der Waals surface area (Å²) in [6, 6.07) is 9.78. The summed E-state index contributed by atoms with van der Waals surface area (Å²) in [5.74, 6) is 0. The molecule has 2 aromatic rings. The maximum absolute atomic E-state index is 5.82. The van der Waals surface area contributed by atoms with E-state index >= 15 is 0 Å². The number of aryl methyl sites for hydroxylation is 1. The third kappa shape index (κ3) is 2.03. The number of rotatable bonds is 2. The summed E-state index contributed by atoms with van der Waals surface area (Å²) in [5.41, 5.74) is 8.65. The molecule has 0 unspecified atom stereocenters. The number of halogens is 1. The predicted octanol–water partition coefficient (Wildman–Crippen LogP) is 2.29. The van der Waals surface area contributed by atoms with Gasteiger partial charge in [0.1, 0.15) is 0 Å². The van der Waals surface area contributed by atoms with E-state index in [1.807, 2.05) is 41.9 Å². The molecule has 2 rings (SSSR count). The highest BCUT2D eigenvalue weighted by atomic mass is 35.5. The number of nitrogens with zero attached hydrogens (tertiary/aromatic N) is 2. The first-order valence-corrected chi connectivity index (χ1v) is 5.10. The van der Waals surface area contributed by atoms with Gasteiger partial charge in [-0.05, 0) is 30.7 Å². The van der Waals surface area contributed by atoms with Crippen LogP contribution >= 0.6 is 11.6 Å². The summed E-state index contributed by atoms with van der Waals surface area (Å²) in [7, 11) is 0. The molecule has 0 aliphatic rings. The van der Waals surface area contributed by atoms with Gasteiger partial charge < -0.3 is 5.73 Å². The van der Waals surface area contributed by atoms with Crippen molar-refractivity contribution < 1.29 is 0 Å². The smallest absolute Gasteiger partial charge is 0.151 e. The van der Waals surface area contributed by atoms with Crippen LogP contribution in [0.2, 0.25) is 5.15 Å². The van der Waals surface area contributed by atoms with Gasteiger partial charge in [-0.2, -0.15) is 5.10 Å². The Labute approximate surface area is 93.5 Å². The minimum absolute atomic E-state index is 0.510. The first-order valence-electron chi connectivity index (χ1n) is 4.72. The molecule has 0 fully saturated rings. The van der Waals surface area contributed by atoms with Gasteiger partial charge in [-0.1, -0.05) is 23.7 Å². The Morgan fingerprint density at radius 3 is 2.47 bits per heavy atom. The molecule has 0 saturated heterocycles. The molecule has 1 aromatic carbocycles. The van der Waals surface area contributed by atoms with Gasteiger partial charge in [-0.25, -0.2) is 4.68 Å². The lowest BCUT2D eigenvalue weighted by Crippen LogP contribution is -2.00. The van der Waals surface area contributed by atoms with Crippen molar-refractivity contribution in [3.05, 3.63) is 46.7 Å². The zero-order valence-corrected chi connectivity index (χ0v) is 9.20. The normalized spacial score (nSPS) is 10.6. The lowest BCUT2D eigenvalue weighted by atomic mass is 10.2. The highest BCUT2D eigenvalue weighted by Crippen LogP contribution is 2.15. The molecular weight excluding hydrogens is 210 g/mol. The quantitative estimate of drug-likeness (QED) is 0.846. The van der Waals surface area contributed by atoms with Crippen molar-refractivity contribution in [3.63, 3.8) is 0 Å². The van der Waals surface area contributed by atoms with Gasteiger partial charge in [0.15, 0.2) is 5.15 Å². The van der Waals surface area contributed by atoms with E-state index in [1.165, 1.54) is 0 Å². The number of aromatic nitrogens is 2. The molecule has 15 heavy (non-hydrogen) atoms. The summed E-state index contributed by atoms with van der Waals surface area (Å²) in [6.45, 7) is 2.52. The third-order valence-electron chi connectivity index (χ3n) is 2.27. The fourth-order valence-electron chi connectivity index (χ4n) is 1.47. The van der Waals surface area contributed by atoms with Crippen molar-refractivity contribution in [2.45, 2.75) is 13.5 Å². The number of hydrogen-bond donors (Lipinski definition) is 1. The van der Waals surface area contributed by atoms with E-state index in [2.05, 4.69) is 5.10 Å². The number of nitrogens with two attached hydrogens (primary N) is 1. The lowest BCUT2D eigenvalue weighted by Gasteiger charge is -2.04. The summed E-state index contributed by atoms with van der Waals surface area (Å²) >= 11 is 5.82. The first-order chi connectivity index (χ1) is 7.20. The van der Waals surface area contributed by atoms with E-state index in [4.69, 9.17) is 17.3 Å². The molecule has 3 nitrogen and oxygen atoms in total. The van der Waals surface area contributed by atoms with E-state index in [1.54, 1.807) is 0 Å². The highest BCUT2D eigenvalue weighted by molar-refractivity contribution is 6.29. The Hall–Kier alpha value is -1.32. The topological polar surface area (TPSA) is 43.8 Å². The highest BCUT2D eigenvalue weighted by Gasteiger charge is 2.03. The van der Waals surface area contributed by atoms with Gasteiger partial charge in [0.25, 0.3) is 0 Å². The first kappa shape index (κ1) is 10.2. The van der Waals surface area contributed by atoms with Crippen LogP contribution in [0.3, 0.4) is 0 Å². The SMILES string of the molecule is Cc1cc(Cl)nn1-c1ccc(CN)cc1. The molecular formula is C11H12ClN3. The van der Waals surface area contributed by atoms with Crippen LogP contribution in [0, 0.1) is 6.92 Å². The largest absolute Gasteiger partial charge is 0.326 e. The standard InChI is InChI=1S/C11H12ClN3/c1-8-6-11(12)14-15(8)10-4-2-9(7-13)3-5-10/h2-6H,7,13H2,1H3. The van der Waals surface area contributed by atoms with Crippen LogP contribution in [0.1, 0.15) is 11.3 Å². The van der Waals surface area contributed by atoms with Crippen molar-refractivity contribution in [2.24, 2.45) is 5.73 Å². The van der Waals surface area contributed by atoms with Crippen LogP contribution in [0.4, 0.5) is 0 Å². The van der Waals surface area contributed by atoms with E-state index in [0.29, 0.717) is 11.7 Å². The Balaban J connectivity index is 2.41. The van der Waals surface area contributed by atoms with Crippen LogP contribution in [0.15, 0.2) is 30.3 Å². The van der Waals surface area contributed by atoms with Crippen LogP contribution in [-0.2, 0) is 6.54 Å². The molecule has 2 N–H and O–H groups in total. The van der Waals surface area contributed by atoms with Crippen molar-refractivity contribution in [1.29, 1.82) is 0 Å². The van der Waals surface area contributed by atoms with Gasteiger partial charge in [-0.3, -0.25) is 0 Å². The molecule has 0 bridgehead atoms. The summed E-state index contributed by atoms with van der Waals surface area (Å²) in [6.07, 6.45) is 0. The Morgan fingerprint density at radius 1 is 1.33 bits per heavy atom. The molecule has 0 radical (unpaired) electrons. The second-order valence-corrected chi connectivity index (χ2v) is 3.78. The molecule has 1 heterocycles. The zero-order chi connectivity index (χ0) is 10.8. The van der Waals surface area contributed by atoms with Gasteiger partial charge in [0.2, 0.25) is 0 Å². The molecule has 0 aliphatic carbocycles. The van der Waals surface area contributed by atoms with E-state index < -0.39 is 0 Å². The van der Waals surface area contributed by atoms with Crippen LogP contribution in [0.25, 0.3) is 5.69 Å². The molecule has 0 saturated carbocycles. The summed E-state index contributed by atoms with van der Waals surface area (Å²) < 4.78 is 1.81. The second kappa shape index (κ2) is 4.04. The minimum atomic E-state index is 0.510. The molecule has 4 heteroatoms. The second-order valence-electron chi connectivity index (χ2n) is 3.39. The maximum Gasteiger partial charge on any atom is 0.151 e. The van der Waals surface area contributed by atoms with E-state index in [9.17, 15) is 0 Å². The average molecular weight is 222 g/mol. The van der Waals surface area contributed by atoms with Crippen LogP contribution < -0.4 is 5.73 Å². The van der Waals surface area contributed by atoms with Crippen LogP contribution in [-0.4, -0.2) is 9.78 Å². The molecule has 78 valence electrons. The summed E-state index contributed by atoms with van der Waals surface area (Å²) in [5, 5.41) is 4.70. The molecule has 0 aliphatic heterocycles. The number of benzene rings is 1. The fraction of sp³-hybridized carbons (Fsp3) is 0.182. The maximum atomic E-state index is 5.82. The van der Waals surface area contributed by atoms with E-state index in [-0.39, 0.29) is 0 Å².